The molecule has 2 aromatic rings. The summed E-state index contributed by atoms with van der Waals surface area (Å²) in [6.07, 6.45) is 0. The summed E-state index contributed by atoms with van der Waals surface area (Å²) < 4.78 is 5.32. The highest BCUT2D eigenvalue weighted by molar-refractivity contribution is 5.24. The van der Waals surface area contributed by atoms with Crippen LogP contribution in [-0.2, 0) is 6.54 Å². The van der Waals surface area contributed by atoms with Crippen molar-refractivity contribution in [3.8, 4) is 0 Å². The molecule has 1 fully saturated rings. The van der Waals surface area contributed by atoms with Gasteiger partial charge in [-0.1, -0.05) is 43.3 Å². The van der Waals surface area contributed by atoms with Crippen molar-refractivity contribution < 1.29 is 4.52 Å². The van der Waals surface area contributed by atoms with Crippen LogP contribution in [0.3, 0.4) is 0 Å². The molecule has 1 aromatic heterocycles. The van der Waals surface area contributed by atoms with Crippen LogP contribution in [0.15, 0.2) is 28.8 Å². The summed E-state index contributed by atoms with van der Waals surface area (Å²) >= 11 is 0. The van der Waals surface area contributed by atoms with Crippen LogP contribution in [0.5, 0.6) is 0 Å². The zero-order valence-electron chi connectivity index (χ0n) is 15.2. The van der Waals surface area contributed by atoms with Crippen molar-refractivity contribution in [2.75, 3.05) is 26.2 Å². The van der Waals surface area contributed by atoms with Gasteiger partial charge in [-0.3, -0.25) is 9.80 Å². The Bertz CT molecular complexity index is 642. The Balaban J connectivity index is 1.51. The Morgan fingerprint density at radius 1 is 1.04 bits per heavy atom. The van der Waals surface area contributed by atoms with E-state index in [-0.39, 0.29) is 6.04 Å². The number of aromatic nitrogens is 2. The fraction of sp³-hybridized carbons (Fsp3) is 0.579. The van der Waals surface area contributed by atoms with E-state index in [9.17, 15) is 0 Å². The van der Waals surface area contributed by atoms with Gasteiger partial charge in [0.25, 0.3) is 0 Å². The van der Waals surface area contributed by atoms with E-state index in [1.54, 1.807) is 0 Å². The minimum atomic E-state index is 0.193. The summed E-state index contributed by atoms with van der Waals surface area (Å²) in [6, 6.07) is 9.25. The Morgan fingerprint density at radius 2 is 1.71 bits per heavy atom. The number of nitrogens with zero attached hydrogens (tertiary/aromatic N) is 4. The highest BCUT2D eigenvalue weighted by atomic mass is 16.5. The van der Waals surface area contributed by atoms with Gasteiger partial charge >= 0.3 is 0 Å². The number of aryl methyl sites for hydroxylation is 1. The Labute approximate surface area is 144 Å². The lowest BCUT2D eigenvalue weighted by Gasteiger charge is -2.36. The number of piperazine rings is 1. The molecule has 0 N–H and O–H groups in total. The van der Waals surface area contributed by atoms with Crippen molar-refractivity contribution in [1.29, 1.82) is 0 Å². The van der Waals surface area contributed by atoms with Crippen molar-refractivity contribution in [1.82, 2.24) is 19.9 Å². The standard InChI is InChI=1S/C19H28N4O/c1-14(2)18-7-5-17(6-8-18)13-22-9-11-23(12-10-22)15(3)19-20-16(4)21-24-19/h5-8,14-15H,9-13H2,1-4H3. The van der Waals surface area contributed by atoms with Gasteiger partial charge in [-0.25, -0.2) is 0 Å². The van der Waals surface area contributed by atoms with E-state index in [1.807, 2.05) is 6.92 Å². The van der Waals surface area contributed by atoms with Gasteiger partial charge in [-0.2, -0.15) is 4.98 Å². The Kier molecular flexibility index (Phi) is 5.31. The molecule has 5 heteroatoms. The maximum absolute atomic E-state index is 5.32. The van der Waals surface area contributed by atoms with Crippen LogP contribution in [0.1, 0.15) is 55.6 Å². The van der Waals surface area contributed by atoms with Crippen LogP contribution in [0.2, 0.25) is 0 Å². The molecule has 1 aliphatic heterocycles. The Hall–Kier alpha value is -1.72. The number of hydrogen-bond acceptors (Lipinski definition) is 5. The Morgan fingerprint density at radius 3 is 2.25 bits per heavy atom. The van der Waals surface area contributed by atoms with Crippen LogP contribution in [0.4, 0.5) is 0 Å². The third kappa shape index (κ3) is 4.02. The quantitative estimate of drug-likeness (QED) is 0.842. The minimum Gasteiger partial charge on any atom is -0.338 e. The molecule has 0 aliphatic carbocycles. The molecule has 3 rings (SSSR count). The van der Waals surface area contributed by atoms with E-state index in [2.05, 4.69) is 65.0 Å². The molecule has 2 heterocycles. The van der Waals surface area contributed by atoms with Gasteiger partial charge in [-0.15, -0.1) is 0 Å². The van der Waals surface area contributed by atoms with Gasteiger partial charge in [0.05, 0.1) is 6.04 Å². The molecule has 24 heavy (non-hydrogen) atoms. The molecule has 0 spiro atoms. The summed E-state index contributed by atoms with van der Waals surface area (Å²) in [4.78, 5) is 9.30. The first-order valence-corrected chi connectivity index (χ1v) is 8.88. The predicted molar refractivity (Wildman–Crippen MR) is 94.8 cm³/mol. The highest BCUT2D eigenvalue weighted by Gasteiger charge is 2.25. The molecular formula is C19H28N4O. The SMILES string of the molecule is Cc1noc(C(C)N2CCN(Cc3ccc(C(C)C)cc3)CC2)n1. The van der Waals surface area contributed by atoms with E-state index < -0.39 is 0 Å². The van der Waals surface area contributed by atoms with Gasteiger partial charge < -0.3 is 4.52 Å². The molecule has 0 radical (unpaired) electrons. The summed E-state index contributed by atoms with van der Waals surface area (Å²) in [5, 5.41) is 3.90. The molecule has 1 aliphatic rings. The van der Waals surface area contributed by atoms with Crippen LogP contribution >= 0.6 is 0 Å². The molecule has 1 aromatic carbocycles. The monoisotopic (exact) mass is 328 g/mol. The largest absolute Gasteiger partial charge is 0.338 e. The van der Waals surface area contributed by atoms with E-state index in [0.29, 0.717) is 11.7 Å². The lowest BCUT2D eigenvalue weighted by Crippen LogP contribution is -2.46. The number of hydrogen-bond donors (Lipinski definition) is 0. The summed E-state index contributed by atoms with van der Waals surface area (Å²) in [6.45, 7) is 13.7. The van der Waals surface area contributed by atoms with E-state index in [0.717, 1.165) is 38.6 Å². The van der Waals surface area contributed by atoms with Crippen LogP contribution in [0, 0.1) is 6.92 Å². The third-order valence-electron chi connectivity index (χ3n) is 4.91. The maximum atomic E-state index is 5.32. The highest BCUT2D eigenvalue weighted by Crippen LogP contribution is 2.21. The lowest BCUT2D eigenvalue weighted by molar-refractivity contribution is 0.0845. The first kappa shape index (κ1) is 17.1. The summed E-state index contributed by atoms with van der Waals surface area (Å²) in [5.41, 5.74) is 2.81. The number of benzene rings is 1. The van der Waals surface area contributed by atoms with Gasteiger partial charge in [-0.05, 0) is 30.9 Å². The smallest absolute Gasteiger partial charge is 0.243 e. The predicted octanol–water partition coefficient (Wildman–Crippen LogP) is 3.38. The van der Waals surface area contributed by atoms with Crippen molar-refractivity contribution in [3.05, 3.63) is 47.1 Å². The first-order valence-electron chi connectivity index (χ1n) is 8.88. The summed E-state index contributed by atoms with van der Waals surface area (Å²) in [5.74, 6) is 2.03. The second-order valence-corrected chi connectivity index (χ2v) is 7.06. The molecular weight excluding hydrogens is 300 g/mol. The first-order chi connectivity index (χ1) is 11.5. The second kappa shape index (κ2) is 7.45. The van der Waals surface area contributed by atoms with Gasteiger partial charge in [0.1, 0.15) is 0 Å². The maximum Gasteiger partial charge on any atom is 0.243 e. The van der Waals surface area contributed by atoms with Crippen molar-refractivity contribution >= 4 is 0 Å². The average Bonchev–Trinajstić information content (AvgIpc) is 3.02. The minimum absolute atomic E-state index is 0.193. The lowest BCUT2D eigenvalue weighted by atomic mass is 10.0. The van der Waals surface area contributed by atoms with Crippen LogP contribution in [0.25, 0.3) is 0 Å². The third-order valence-corrected chi connectivity index (χ3v) is 4.91. The molecule has 1 unspecified atom stereocenters. The molecule has 130 valence electrons. The van der Waals surface area contributed by atoms with Gasteiger partial charge in [0, 0.05) is 32.7 Å². The van der Waals surface area contributed by atoms with Crippen molar-refractivity contribution in [2.45, 2.75) is 46.2 Å². The zero-order chi connectivity index (χ0) is 17.1. The second-order valence-electron chi connectivity index (χ2n) is 7.06. The summed E-state index contributed by atoms with van der Waals surface area (Å²) in [7, 11) is 0. The van der Waals surface area contributed by atoms with E-state index in [1.165, 1.54) is 11.1 Å². The molecule has 5 nitrogen and oxygen atoms in total. The van der Waals surface area contributed by atoms with Crippen molar-refractivity contribution in [3.63, 3.8) is 0 Å². The number of rotatable bonds is 5. The van der Waals surface area contributed by atoms with Gasteiger partial charge in [0.2, 0.25) is 5.89 Å². The van der Waals surface area contributed by atoms with Crippen LogP contribution in [-0.4, -0.2) is 46.1 Å². The van der Waals surface area contributed by atoms with E-state index >= 15 is 0 Å². The topological polar surface area (TPSA) is 45.4 Å². The fourth-order valence-electron chi connectivity index (χ4n) is 3.21. The van der Waals surface area contributed by atoms with Gasteiger partial charge in [0.15, 0.2) is 5.82 Å². The molecule has 1 saturated heterocycles. The normalized spacial score (nSPS) is 18.2. The average molecular weight is 328 g/mol. The fourth-order valence-corrected chi connectivity index (χ4v) is 3.21. The molecule has 1 atom stereocenters. The molecule has 0 bridgehead atoms. The molecule has 0 amide bonds. The van der Waals surface area contributed by atoms with Crippen molar-refractivity contribution in [2.24, 2.45) is 0 Å². The van der Waals surface area contributed by atoms with Crippen LogP contribution < -0.4 is 0 Å². The van der Waals surface area contributed by atoms with E-state index in [4.69, 9.17) is 4.52 Å². The molecule has 0 saturated carbocycles. The zero-order valence-corrected chi connectivity index (χ0v) is 15.2.